The van der Waals surface area contributed by atoms with Gasteiger partial charge in [-0.1, -0.05) is 29.8 Å². The number of esters is 1. The van der Waals surface area contributed by atoms with E-state index in [-0.39, 0.29) is 28.8 Å². The number of hydrogen-bond donors (Lipinski definition) is 1. The highest BCUT2D eigenvalue weighted by atomic mass is 32.2. The number of aryl methyl sites for hydroxylation is 1. The second kappa shape index (κ2) is 14.0. The van der Waals surface area contributed by atoms with Gasteiger partial charge in [0.25, 0.3) is 16.3 Å². The first-order valence-corrected chi connectivity index (χ1v) is 15.2. The Balaban J connectivity index is 1.37. The number of rotatable bonds is 10. The van der Waals surface area contributed by atoms with Crippen LogP contribution in [0.5, 0.6) is 0 Å². The lowest BCUT2D eigenvalue weighted by Crippen LogP contribution is -2.36. The van der Waals surface area contributed by atoms with Gasteiger partial charge < -0.3 is 14.3 Å². The molecular formula is C28H31F3N6O7S. The molecule has 1 saturated heterocycles. The first kappa shape index (κ1) is 33.2. The van der Waals surface area contributed by atoms with Crippen molar-refractivity contribution in [2.45, 2.75) is 51.0 Å². The molecule has 1 N–H and O–H groups in total. The van der Waals surface area contributed by atoms with E-state index in [1.54, 1.807) is 29.3 Å². The predicted octanol–water partition coefficient (Wildman–Crippen LogP) is 5.20. The van der Waals surface area contributed by atoms with Gasteiger partial charge in [0.05, 0.1) is 22.9 Å². The number of nitrogens with zero attached hydrogens (tertiary/aromatic N) is 5. The third kappa shape index (κ3) is 9.17. The molecule has 1 amide bonds. The molecule has 45 heavy (non-hydrogen) atoms. The highest BCUT2D eigenvalue weighted by Gasteiger charge is 2.35. The van der Waals surface area contributed by atoms with Crippen molar-refractivity contribution in [1.82, 2.24) is 19.5 Å². The van der Waals surface area contributed by atoms with Gasteiger partial charge in [0.1, 0.15) is 0 Å². The van der Waals surface area contributed by atoms with E-state index in [0.29, 0.717) is 31.5 Å². The number of carbonyl (C=O) groups excluding carboxylic acids is 2. The van der Waals surface area contributed by atoms with E-state index in [2.05, 4.69) is 15.6 Å². The molecule has 13 nitrogen and oxygen atoms in total. The monoisotopic (exact) mass is 652 g/mol. The molecule has 0 spiro atoms. The van der Waals surface area contributed by atoms with E-state index < -0.39 is 40.2 Å². The Morgan fingerprint density at radius 1 is 1.13 bits per heavy atom. The summed E-state index contributed by atoms with van der Waals surface area (Å²) in [6, 6.07) is 12.6. The van der Waals surface area contributed by atoms with E-state index in [1.165, 1.54) is 26.0 Å². The van der Waals surface area contributed by atoms with Gasteiger partial charge >= 0.3 is 18.2 Å². The minimum atomic E-state index is -4.70. The van der Waals surface area contributed by atoms with Gasteiger partial charge in [-0.05, 0) is 55.3 Å². The molecule has 242 valence electrons. The lowest BCUT2D eigenvalue weighted by Gasteiger charge is -2.28. The maximum atomic E-state index is 13.5. The van der Waals surface area contributed by atoms with Crippen LogP contribution in [0.2, 0.25) is 0 Å². The molecule has 2 aromatic carbocycles. The largest absolute Gasteiger partial charge is 0.448 e. The van der Waals surface area contributed by atoms with E-state index in [4.69, 9.17) is 14.3 Å². The number of amides is 1. The maximum Gasteiger partial charge on any atom is 0.435 e. The summed E-state index contributed by atoms with van der Waals surface area (Å²) in [5.74, 6) is -0.704. The van der Waals surface area contributed by atoms with Gasteiger partial charge in [-0.25, -0.2) is 22.6 Å². The number of carbonyl (C=O) groups is 2. The lowest BCUT2D eigenvalue weighted by molar-refractivity contribution is -0.175. The fourth-order valence-corrected chi connectivity index (χ4v) is 5.35. The van der Waals surface area contributed by atoms with Crippen LogP contribution in [0.3, 0.4) is 0 Å². The predicted molar refractivity (Wildman–Crippen MR) is 152 cm³/mol. The second-order valence-electron chi connectivity index (χ2n) is 10.3. The first-order valence-electron chi connectivity index (χ1n) is 13.7. The lowest BCUT2D eigenvalue weighted by atomic mass is 10.0. The van der Waals surface area contributed by atoms with Crippen molar-refractivity contribution < 1.29 is 45.5 Å². The number of nitrogens with one attached hydrogen (secondary N) is 1. The summed E-state index contributed by atoms with van der Waals surface area (Å²) in [7, 11) is -4.37. The SMILES string of the molecule is CC(=O)OC(C)ON=NN1CCCC(COC(=O)NS(=O)(=O)c2ccc(-n3nc(C(F)(F)F)cc3-c3ccc(C)cc3)cc2)C1. The molecule has 1 aliphatic rings. The number of alkyl halides is 3. The zero-order valence-corrected chi connectivity index (χ0v) is 25.3. The van der Waals surface area contributed by atoms with Crippen molar-refractivity contribution in [3.63, 3.8) is 0 Å². The second-order valence-corrected chi connectivity index (χ2v) is 11.9. The Morgan fingerprint density at radius 2 is 1.82 bits per heavy atom. The summed E-state index contributed by atoms with van der Waals surface area (Å²) in [5, 5.41) is 12.7. The van der Waals surface area contributed by atoms with Crippen LogP contribution >= 0.6 is 0 Å². The fourth-order valence-electron chi connectivity index (χ4n) is 4.46. The molecule has 4 rings (SSSR count). The Bertz CT molecular complexity index is 1630. The van der Waals surface area contributed by atoms with Gasteiger partial charge in [0, 0.05) is 43.7 Å². The van der Waals surface area contributed by atoms with Crippen LogP contribution < -0.4 is 4.72 Å². The number of piperidine rings is 1. The molecule has 3 aromatic rings. The van der Waals surface area contributed by atoms with E-state index >= 15 is 0 Å². The highest BCUT2D eigenvalue weighted by Crippen LogP contribution is 2.33. The average molecular weight is 653 g/mol. The number of halogens is 3. The molecule has 1 fully saturated rings. The van der Waals surface area contributed by atoms with E-state index in [9.17, 15) is 31.2 Å². The molecule has 2 atom stereocenters. The van der Waals surface area contributed by atoms with Crippen LogP contribution in [0, 0.1) is 12.8 Å². The van der Waals surface area contributed by atoms with Crippen molar-refractivity contribution in [1.29, 1.82) is 0 Å². The smallest absolute Gasteiger partial charge is 0.435 e. The zero-order valence-electron chi connectivity index (χ0n) is 24.5. The number of ether oxygens (including phenoxy) is 2. The molecule has 2 heterocycles. The van der Waals surface area contributed by atoms with Crippen molar-refractivity contribution in [3.8, 4) is 16.9 Å². The van der Waals surface area contributed by atoms with Gasteiger partial charge in [0.15, 0.2) is 5.69 Å². The Labute approximate surface area is 256 Å². The molecule has 17 heteroatoms. The Hall–Kier alpha value is -4.67. The highest BCUT2D eigenvalue weighted by molar-refractivity contribution is 7.90. The van der Waals surface area contributed by atoms with Crippen molar-refractivity contribution in [3.05, 3.63) is 65.9 Å². The third-order valence-electron chi connectivity index (χ3n) is 6.59. The fraction of sp³-hybridized carbons (Fsp3) is 0.393. The first-order chi connectivity index (χ1) is 21.2. The minimum Gasteiger partial charge on any atom is -0.448 e. The number of aromatic nitrogens is 2. The molecule has 2 unspecified atom stereocenters. The van der Waals surface area contributed by atoms with Crippen LogP contribution in [0.1, 0.15) is 37.9 Å². The van der Waals surface area contributed by atoms with Gasteiger partial charge in [0.2, 0.25) is 0 Å². The standard InChI is InChI=1S/C28H31F3N6O7S/c1-18-6-8-22(9-7-18)25-15-26(28(29,30)31)32-37(25)23-10-12-24(13-11-23)45(40,41)33-27(39)42-17-21-5-4-14-36(16-21)34-35-44-20(3)43-19(2)38/h6-13,15,20-21H,4-5,14,16-17H2,1-3H3,(H,33,39). The molecule has 1 aromatic heterocycles. The summed E-state index contributed by atoms with van der Waals surface area (Å²) in [6.07, 6.45) is -5.42. The molecule has 0 bridgehead atoms. The van der Waals surface area contributed by atoms with Crippen molar-refractivity contribution >= 4 is 22.1 Å². The summed E-state index contributed by atoms with van der Waals surface area (Å²) >= 11 is 0. The molecule has 1 aliphatic heterocycles. The average Bonchev–Trinajstić information content (AvgIpc) is 3.43. The van der Waals surface area contributed by atoms with Crippen LogP contribution in [0.15, 0.2) is 70.0 Å². The van der Waals surface area contributed by atoms with Crippen LogP contribution in [0.4, 0.5) is 18.0 Å². The Kier molecular flexibility index (Phi) is 10.3. The van der Waals surface area contributed by atoms with Crippen LogP contribution in [-0.2, 0) is 35.3 Å². The van der Waals surface area contributed by atoms with Gasteiger partial charge in [-0.15, -0.1) is 0 Å². The molecule has 0 aliphatic carbocycles. The number of benzene rings is 2. The van der Waals surface area contributed by atoms with E-state index in [1.807, 2.05) is 11.6 Å². The molecular weight excluding hydrogens is 621 g/mol. The quantitative estimate of drug-likeness (QED) is 0.135. The van der Waals surface area contributed by atoms with Crippen LogP contribution in [0.25, 0.3) is 16.9 Å². The van der Waals surface area contributed by atoms with Crippen molar-refractivity contribution in [2.75, 3.05) is 19.7 Å². The van der Waals surface area contributed by atoms with Crippen molar-refractivity contribution in [2.24, 2.45) is 16.4 Å². The molecule has 0 saturated carbocycles. The number of hydrogen-bond acceptors (Lipinski definition) is 10. The van der Waals surface area contributed by atoms with Gasteiger partial charge in [-0.2, -0.15) is 18.3 Å². The maximum absolute atomic E-state index is 13.5. The Morgan fingerprint density at radius 3 is 2.47 bits per heavy atom. The van der Waals surface area contributed by atoms with Crippen LogP contribution in [-0.4, -0.2) is 61.3 Å². The zero-order chi connectivity index (χ0) is 32.8. The summed E-state index contributed by atoms with van der Waals surface area (Å²) in [6.45, 7) is 5.36. The van der Waals surface area contributed by atoms with E-state index in [0.717, 1.165) is 28.4 Å². The summed E-state index contributed by atoms with van der Waals surface area (Å²) in [4.78, 5) is 27.9. The minimum absolute atomic E-state index is 0.0976. The molecule has 0 radical (unpaired) electrons. The summed E-state index contributed by atoms with van der Waals surface area (Å²) < 4.78 is 78.9. The third-order valence-corrected chi connectivity index (χ3v) is 7.92. The summed E-state index contributed by atoms with van der Waals surface area (Å²) in [5.41, 5.74) is 0.629. The van der Waals surface area contributed by atoms with Gasteiger partial charge in [-0.3, -0.25) is 9.80 Å². The number of sulfonamides is 1. The topological polar surface area (TPSA) is 154 Å². The normalized spacial score (nSPS) is 16.3.